The Labute approximate surface area is 98.0 Å². The number of nitrogens with two attached hydrogens (primary N) is 1. The summed E-state index contributed by atoms with van der Waals surface area (Å²) in [6.45, 7) is 8.28. The van der Waals surface area contributed by atoms with Crippen LogP contribution in [0.25, 0.3) is 0 Å². The summed E-state index contributed by atoms with van der Waals surface area (Å²) in [5.74, 6) is 0. The molecule has 1 aliphatic rings. The quantitative estimate of drug-likeness (QED) is 0.605. The van der Waals surface area contributed by atoms with E-state index in [1.807, 2.05) is 12.1 Å². The van der Waals surface area contributed by atoms with Gasteiger partial charge in [-0.05, 0) is 31.2 Å². The second kappa shape index (κ2) is 4.34. The van der Waals surface area contributed by atoms with Gasteiger partial charge in [0, 0.05) is 11.4 Å². The topological polar surface area (TPSA) is 29.3 Å². The number of benzene rings is 1. The lowest BCUT2D eigenvalue weighted by Gasteiger charge is -2.42. The summed E-state index contributed by atoms with van der Waals surface area (Å²) in [5, 5.41) is 0. The average Bonchev–Trinajstić information content (AvgIpc) is 2.32. The lowest BCUT2D eigenvalue weighted by Crippen LogP contribution is -2.57. The monoisotopic (exact) mass is 220 g/mol. The predicted molar refractivity (Wildman–Crippen MR) is 69.5 cm³/mol. The Kier molecular flexibility index (Phi) is 3.06. The van der Waals surface area contributed by atoms with Gasteiger partial charge in [0.25, 0.3) is 0 Å². The lowest BCUT2D eigenvalue weighted by molar-refractivity contribution is -0.908. The van der Waals surface area contributed by atoms with Crippen molar-refractivity contribution in [3.05, 3.63) is 24.3 Å². The fourth-order valence-electron chi connectivity index (χ4n) is 2.21. The maximum Gasteiger partial charge on any atom is 0.0963 e. The molecule has 88 valence electrons. The van der Waals surface area contributed by atoms with Gasteiger partial charge in [-0.1, -0.05) is 0 Å². The smallest absolute Gasteiger partial charge is 0.0963 e. The molecule has 0 amide bonds. The fraction of sp³-hybridized carbons (Fsp3) is 0.538. The Morgan fingerprint density at radius 2 is 1.75 bits per heavy atom. The van der Waals surface area contributed by atoms with Gasteiger partial charge in [0.05, 0.1) is 39.8 Å². The molecule has 1 aromatic rings. The van der Waals surface area contributed by atoms with E-state index in [0.717, 1.165) is 18.8 Å². The first-order valence-electron chi connectivity index (χ1n) is 6.07. The highest BCUT2D eigenvalue weighted by molar-refractivity contribution is 5.53. The molecule has 1 aliphatic heterocycles. The minimum atomic E-state index is 0.843. The van der Waals surface area contributed by atoms with Gasteiger partial charge < -0.3 is 15.1 Å². The molecule has 2 rings (SSSR count). The zero-order valence-corrected chi connectivity index (χ0v) is 10.3. The van der Waals surface area contributed by atoms with Crippen LogP contribution in [0.15, 0.2) is 24.3 Å². The Morgan fingerprint density at radius 3 is 2.25 bits per heavy atom. The maximum atomic E-state index is 5.70. The van der Waals surface area contributed by atoms with Gasteiger partial charge in [-0.25, -0.2) is 0 Å². The molecule has 3 heteroatoms. The molecule has 1 saturated heterocycles. The largest absolute Gasteiger partial charge is 0.399 e. The number of hydrogen-bond acceptors (Lipinski definition) is 2. The minimum Gasteiger partial charge on any atom is -0.399 e. The molecule has 0 aromatic heterocycles. The van der Waals surface area contributed by atoms with Crippen LogP contribution in [0.1, 0.15) is 6.92 Å². The van der Waals surface area contributed by atoms with Crippen LogP contribution in [0, 0.1) is 0 Å². The lowest BCUT2D eigenvalue weighted by atomic mass is 10.2. The van der Waals surface area contributed by atoms with E-state index in [9.17, 15) is 0 Å². The van der Waals surface area contributed by atoms with Gasteiger partial charge in [-0.3, -0.25) is 0 Å². The van der Waals surface area contributed by atoms with Gasteiger partial charge in [0.2, 0.25) is 0 Å². The second-order valence-corrected chi connectivity index (χ2v) is 4.96. The first-order valence-corrected chi connectivity index (χ1v) is 6.07. The van der Waals surface area contributed by atoms with E-state index in [2.05, 4.69) is 31.0 Å². The third kappa shape index (κ3) is 2.30. The number of anilines is 2. The number of quaternary nitrogens is 1. The maximum absolute atomic E-state index is 5.70. The van der Waals surface area contributed by atoms with Crippen molar-refractivity contribution >= 4 is 11.4 Å². The SMILES string of the molecule is CC[N+]1(C)CCN(c2ccc(N)cc2)CC1. The number of rotatable bonds is 2. The minimum absolute atomic E-state index is 0.843. The van der Waals surface area contributed by atoms with Gasteiger partial charge >= 0.3 is 0 Å². The standard InChI is InChI=1S/C13H22N3/c1-3-16(2)10-8-15(9-11-16)13-6-4-12(14)5-7-13/h4-7H,3,8-11,14H2,1-2H3/q+1. The van der Waals surface area contributed by atoms with Crippen LogP contribution >= 0.6 is 0 Å². The fourth-order valence-corrected chi connectivity index (χ4v) is 2.21. The van der Waals surface area contributed by atoms with E-state index in [0.29, 0.717) is 0 Å². The van der Waals surface area contributed by atoms with E-state index in [4.69, 9.17) is 5.73 Å². The van der Waals surface area contributed by atoms with Gasteiger partial charge in [-0.2, -0.15) is 0 Å². The van der Waals surface area contributed by atoms with Crippen molar-refractivity contribution in [2.24, 2.45) is 0 Å². The number of nitrogens with zero attached hydrogens (tertiary/aromatic N) is 2. The van der Waals surface area contributed by atoms with Gasteiger partial charge in [0.15, 0.2) is 0 Å². The highest BCUT2D eigenvalue weighted by Crippen LogP contribution is 2.19. The molecule has 0 atom stereocenters. The van der Waals surface area contributed by atoms with Crippen molar-refractivity contribution in [1.82, 2.24) is 0 Å². The molecular formula is C13H22N3+. The molecule has 1 heterocycles. The summed E-state index contributed by atoms with van der Waals surface area (Å²) in [5.41, 5.74) is 7.84. The normalized spacial score (nSPS) is 19.8. The zero-order valence-electron chi connectivity index (χ0n) is 10.3. The third-order valence-electron chi connectivity index (χ3n) is 3.84. The number of likely N-dealkylation sites (N-methyl/N-ethyl adjacent to an activating group) is 1. The van der Waals surface area contributed by atoms with Crippen molar-refractivity contribution in [2.45, 2.75) is 6.92 Å². The summed E-state index contributed by atoms with van der Waals surface area (Å²) in [6, 6.07) is 8.21. The van der Waals surface area contributed by atoms with Crippen molar-refractivity contribution in [1.29, 1.82) is 0 Å². The summed E-state index contributed by atoms with van der Waals surface area (Å²) in [7, 11) is 2.35. The first kappa shape index (κ1) is 11.3. The van der Waals surface area contributed by atoms with Crippen LogP contribution in [0.4, 0.5) is 11.4 Å². The molecule has 0 spiro atoms. The average molecular weight is 220 g/mol. The Hall–Kier alpha value is -1.22. The molecule has 0 aliphatic carbocycles. The Morgan fingerprint density at radius 1 is 1.19 bits per heavy atom. The second-order valence-electron chi connectivity index (χ2n) is 4.96. The van der Waals surface area contributed by atoms with E-state index in [-0.39, 0.29) is 0 Å². The van der Waals surface area contributed by atoms with E-state index >= 15 is 0 Å². The summed E-state index contributed by atoms with van der Waals surface area (Å²) < 4.78 is 1.20. The van der Waals surface area contributed by atoms with E-state index < -0.39 is 0 Å². The van der Waals surface area contributed by atoms with Gasteiger partial charge in [0.1, 0.15) is 0 Å². The Balaban J connectivity index is 2.01. The summed E-state index contributed by atoms with van der Waals surface area (Å²) >= 11 is 0. The van der Waals surface area contributed by atoms with E-state index in [1.165, 1.54) is 29.8 Å². The van der Waals surface area contributed by atoms with Crippen molar-refractivity contribution in [2.75, 3.05) is 50.4 Å². The number of piperazine rings is 1. The van der Waals surface area contributed by atoms with E-state index in [1.54, 1.807) is 0 Å². The van der Waals surface area contributed by atoms with Crippen LogP contribution in [-0.2, 0) is 0 Å². The van der Waals surface area contributed by atoms with Gasteiger partial charge in [-0.15, -0.1) is 0 Å². The van der Waals surface area contributed by atoms with Crippen LogP contribution < -0.4 is 10.6 Å². The van der Waals surface area contributed by atoms with Crippen LogP contribution in [0.2, 0.25) is 0 Å². The zero-order chi connectivity index (χ0) is 11.6. The van der Waals surface area contributed by atoms with Crippen molar-refractivity contribution in [3.8, 4) is 0 Å². The first-order chi connectivity index (χ1) is 7.63. The third-order valence-corrected chi connectivity index (χ3v) is 3.84. The molecule has 16 heavy (non-hydrogen) atoms. The van der Waals surface area contributed by atoms with Crippen molar-refractivity contribution < 1.29 is 4.48 Å². The molecule has 0 bridgehead atoms. The van der Waals surface area contributed by atoms with Crippen LogP contribution in [-0.4, -0.2) is 44.3 Å². The molecule has 1 aromatic carbocycles. The molecule has 1 fully saturated rings. The molecule has 0 radical (unpaired) electrons. The highest BCUT2D eigenvalue weighted by atomic mass is 15.4. The molecule has 3 nitrogen and oxygen atoms in total. The predicted octanol–water partition coefficient (Wildman–Crippen LogP) is 1.56. The molecule has 0 unspecified atom stereocenters. The van der Waals surface area contributed by atoms with Crippen molar-refractivity contribution in [3.63, 3.8) is 0 Å². The molecular weight excluding hydrogens is 198 g/mol. The highest BCUT2D eigenvalue weighted by Gasteiger charge is 2.26. The summed E-state index contributed by atoms with van der Waals surface area (Å²) in [4.78, 5) is 2.45. The summed E-state index contributed by atoms with van der Waals surface area (Å²) in [6.07, 6.45) is 0. The van der Waals surface area contributed by atoms with Crippen LogP contribution in [0.3, 0.4) is 0 Å². The molecule has 0 saturated carbocycles. The number of nitrogen functional groups attached to an aromatic ring is 1. The molecule has 2 N–H and O–H groups in total. The number of hydrogen-bond donors (Lipinski definition) is 1. The Bertz CT molecular complexity index is 337. The van der Waals surface area contributed by atoms with Crippen LogP contribution in [0.5, 0.6) is 0 Å².